The Kier molecular flexibility index (Phi) is 7.44. The number of nitriles is 1. The number of hydrogen-bond acceptors (Lipinski definition) is 7. The van der Waals surface area contributed by atoms with Gasteiger partial charge in [0.15, 0.2) is 5.72 Å². The van der Waals surface area contributed by atoms with Crippen molar-refractivity contribution in [1.82, 2.24) is 10.3 Å². The van der Waals surface area contributed by atoms with Crippen molar-refractivity contribution in [3.05, 3.63) is 82.8 Å². The average Bonchev–Trinajstić information content (AvgIpc) is 2.90. The fraction of sp³-hybridized carbons (Fsp3) is 0.370. The summed E-state index contributed by atoms with van der Waals surface area (Å²) in [5, 5.41) is 13.5. The Labute approximate surface area is 211 Å². The van der Waals surface area contributed by atoms with Crippen molar-refractivity contribution in [2.45, 2.75) is 32.4 Å². The normalized spacial score (nSPS) is 21.0. The number of nitrogens with one attached hydrogen (secondary N) is 1. The monoisotopic (exact) mass is 492 g/mol. The van der Waals surface area contributed by atoms with Gasteiger partial charge in [-0.15, -0.1) is 0 Å². The van der Waals surface area contributed by atoms with Gasteiger partial charge in [0, 0.05) is 48.9 Å². The zero-order valence-corrected chi connectivity index (χ0v) is 20.7. The highest BCUT2D eigenvalue weighted by Crippen LogP contribution is 2.44. The van der Waals surface area contributed by atoms with E-state index in [-0.39, 0.29) is 5.97 Å². The molecule has 0 aliphatic carbocycles. The van der Waals surface area contributed by atoms with Crippen molar-refractivity contribution in [1.29, 1.82) is 5.26 Å². The number of nitrogens with zero attached hydrogens (tertiary/aromatic N) is 3. The molecule has 8 heteroatoms. The third-order valence-electron chi connectivity index (χ3n) is 6.66. The molecule has 1 N–H and O–H groups in total. The Bertz CT molecular complexity index is 1170. The Balaban J connectivity index is 1.61. The summed E-state index contributed by atoms with van der Waals surface area (Å²) in [6, 6.07) is 11.4. The summed E-state index contributed by atoms with van der Waals surface area (Å²) in [5.74, 6) is -0.237. The van der Waals surface area contributed by atoms with Crippen LogP contribution in [-0.4, -0.2) is 37.3 Å². The molecular weight excluding hydrogens is 464 g/mol. The molecule has 3 heterocycles. The Morgan fingerprint density at radius 3 is 2.66 bits per heavy atom. The first-order valence-electron chi connectivity index (χ1n) is 11.8. The molecule has 35 heavy (non-hydrogen) atoms. The second kappa shape index (κ2) is 10.5. The lowest BCUT2D eigenvalue weighted by Crippen LogP contribution is -2.49. The van der Waals surface area contributed by atoms with Gasteiger partial charge in [-0.1, -0.05) is 23.7 Å². The van der Waals surface area contributed by atoms with Crippen LogP contribution >= 0.6 is 11.6 Å². The van der Waals surface area contributed by atoms with Crippen molar-refractivity contribution < 1.29 is 14.3 Å². The van der Waals surface area contributed by atoms with Crippen LogP contribution in [0.4, 0.5) is 5.69 Å². The molecule has 0 radical (unpaired) electrons. The minimum atomic E-state index is -0.853. The van der Waals surface area contributed by atoms with Crippen molar-refractivity contribution in [3.8, 4) is 6.07 Å². The lowest BCUT2D eigenvalue weighted by Gasteiger charge is -2.43. The number of ether oxygens (including phenoxy) is 2. The number of esters is 1. The second-order valence-electron chi connectivity index (χ2n) is 8.55. The number of hydrogen-bond donors (Lipinski definition) is 1. The van der Waals surface area contributed by atoms with Crippen LogP contribution in [0.5, 0.6) is 0 Å². The Morgan fingerprint density at radius 2 is 2.06 bits per heavy atom. The summed E-state index contributed by atoms with van der Waals surface area (Å²) in [6.07, 6.45) is 10.4. The third kappa shape index (κ3) is 4.77. The van der Waals surface area contributed by atoms with E-state index in [0.29, 0.717) is 49.7 Å². The Morgan fingerprint density at radius 1 is 1.26 bits per heavy atom. The number of benzene rings is 1. The summed E-state index contributed by atoms with van der Waals surface area (Å²) >= 11 is 6.08. The molecule has 2 aromatic rings. The number of carbonyl (C=O) groups excluding carboxylic acids is 1. The SMILES string of the molecule is CCOC(=O)C1(C2=CNC(OCC)(c3cccnc3)C=C2)CCN(c2ccc(Cl)cc2C#N)CC1. The molecule has 1 atom stereocenters. The maximum Gasteiger partial charge on any atom is 0.316 e. The number of dihydropyridines is 1. The van der Waals surface area contributed by atoms with Gasteiger partial charge in [-0.05, 0) is 62.6 Å². The van der Waals surface area contributed by atoms with Gasteiger partial charge in [0.2, 0.25) is 0 Å². The van der Waals surface area contributed by atoms with E-state index in [9.17, 15) is 10.1 Å². The van der Waals surface area contributed by atoms with E-state index in [2.05, 4.69) is 21.3 Å². The zero-order valence-electron chi connectivity index (χ0n) is 20.0. The molecule has 1 aromatic carbocycles. The van der Waals surface area contributed by atoms with Crippen LogP contribution in [0.3, 0.4) is 0 Å². The molecule has 0 saturated carbocycles. The molecule has 1 saturated heterocycles. The number of allylic oxidation sites excluding steroid dienone is 1. The fourth-order valence-corrected chi connectivity index (χ4v) is 5.00. The summed E-state index contributed by atoms with van der Waals surface area (Å²) in [5.41, 5.74) is 1.42. The van der Waals surface area contributed by atoms with Crippen molar-refractivity contribution in [2.24, 2.45) is 5.41 Å². The van der Waals surface area contributed by atoms with Gasteiger partial charge in [0.25, 0.3) is 0 Å². The number of rotatable bonds is 7. The van der Waals surface area contributed by atoms with Gasteiger partial charge in [-0.3, -0.25) is 9.78 Å². The minimum Gasteiger partial charge on any atom is -0.465 e. The first kappa shape index (κ1) is 24.8. The zero-order chi connectivity index (χ0) is 24.9. The highest BCUT2D eigenvalue weighted by atomic mass is 35.5. The van der Waals surface area contributed by atoms with E-state index in [4.69, 9.17) is 21.1 Å². The summed E-state index contributed by atoms with van der Waals surface area (Å²) in [7, 11) is 0. The summed E-state index contributed by atoms with van der Waals surface area (Å²) in [4.78, 5) is 19.7. The van der Waals surface area contributed by atoms with Crippen LogP contribution in [0.2, 0.25) is 5.02 Å². The number of anilines is 1. The summed E-state index contributed by atoms with van der Waals surface area (Å²) < 4.78 is 11.6. The topological polar surface area (TPSA) is 87.5 Å². The van der Waals surface area contributed by atoms with E-state index >= 15 is 0 Å². The predicted octanol–water partition coefficient (Wildman–Crippen LogP) is 4.69. The first-order valence-corrected chi connectivity index (χ1v) is 12.2. The summed E-state index contributed by atoms with van der Waals surface area (Å²) in [6.45, 7) is 5.76. The molecule has 182 valence electrons. The lowest BCUT2D eigenvalue weighted by atomic mass is 9.71. The number of piperidine rings is 1. The average molecular weight is 493 g/mol. The second-order valence-corrected chi connectivity index (χ2v) is 8.99. The van der Waals surface area contributed by atoms with Crippen LogP contribution in [0.15, 0.2) is 66.7 Å². The highest BCUT2D eigenvalue weighted by molar-refractivity contribution is 6.30. The van der Waals surface area contributed by atoms with E-state index in [1.165, 1.54) is 0 Å². The smallest absolute Gasteiger partial charge is 0.316 e. The third-order valence-corrected chi connectivity index (χ3v) is 6.89. The minimum absolute atomic E-state index is 0.237. The number of carbonyl (C=O) groups is 1. The van der Waals surface area contributed by atoms with Gasteiger partial charge in [-0.25, -0.2) is 0 Å². The quantitative estimate of drug-likeness (QED) is 0.561. The van der Waals surface area contributed by atoms with Crippen LogP contribution in [-0.2, 0) is 20.0 Å². The molecule has 1 fully saturated rings. The standard InChI is InChI=1S/C27H29ClN4O3/c1-3-34-25(33)26(11-14-32(15-12-26)24-8-7-23(28)16-20(24)17-29)21-9-10-27(31-19-21,35-4-2)22-6-5-13-30-18-22/h5-10,13,16,18-19,31H,3-4,11-12,14-15H2,1-2H3. The largest absolute Gasteiger partial charge is 0.465 e. The molecule has 0 spiro atoms. The van der Waals surface area contributed by atoms with Crippen molar-refractivity contribution in [3.63, 3.8) is 0 Å². The lowest BCUT2D eigenvalue weighted by molar-refractivity contribution is -0.154. The van der Waals surface area contributed by atoms with Gasteiger partial charge in [0.1, 0.15) is 6.07 Å². The molecule has 2 aliphatic rings. The molecule has 0 bridgehead atoms. The molecule has 7 nitrogen and oxygen atoms in total. The molecular formula is C27H29ClN4O3. The maximum absolute atomic E-state index is 13.3. The number of halogens is 1. The molecule has 4 rings (SSSR count). The first-order chi connectivity index (χ1) is 17.0. The van der Waals surface area contributed by atoms with Crippen LogP contribution < -0.4 is 10.2 Å². The molecule has 1 aromatic heterocycles. The maximum atomic E-state index is 13.3. The van der Waals surface area contributed by atoms with Crippen molar-refractivity contribution in [2.75, 3.05) is 31.2 Å². The van der Waals surface area contributed by atoms with Gasteiger partial charge >= 0.3 is 5.97 Å². The van der Waals surface area contributed by atoms with E-state index < -0.39 is 11.1 Å². The van der Waals surface area contributed by atoms with Gasteiger partial charge < -0.3 is 19.7 Å². The van der Waals surface area contributed by atoms with Crippen LogP contribution in [0.1, 0.15) is 37.8 Å². The Hall–Kier alpha value is -3.34. The highest BCUT2D eigenvalue weighted by Gasteiger charge is 2.47. The van der Waals surface area contributed by atoms with Crippen LogP contribution in [0.25, 0.3) is 0 Å². The van der Waals surface area contributed by atoms with Gasteiger partial charge in [0.05, 0.1) is 23.3 Å². The van der Waals surface area contributed by atoms with Crippen LogP contribution in [0, 0.1) is 16.7 Å². The van der Waals surface area contributed by atoms with Crippen molar-refractivity contribution >= 4 is 23.3 Å². The molecule has 2 aliphatic heterocycles. The van der Waals surface area contributed by atoms with E-state index in [0.717, 1.165) is 16.8 Å². The molecule has 1 unspecified atom stereocenters. The molecule has 0 amide bonds. The number of pyridine rings is 1. The van der Waals surface area contributed by atoms with E-state index in [1.54, 1.807) is 24.5 Å². The van der Waals surface area contributed by atoms with Gasteiger partial charge in [-0.2, -0.15) is 5.26 Å². The number of aromatic nitrogens is 1. The van der Waals surface area contributed by atoms with E-state index in [1.807, 2.05) is 50.4 Å². The fourth-order valence-electron chi connectivity index (χ4n) is 4.83. The predicted molar refractivity (Wildman–Crippen MR) is 135 cm³/mol.